The normalized spacial score (nSPS) is 28.5. The fourth-order valence-electron chi connectivity index (χ4n) is 4.70. The van der Waals surface area contributed by atoms with Crippen molar-refractivity contribution in [1.82, 2.24) is 0 Å². The summed E-state index contributed by atoms with van der Waals surface area (Å²) in [7, 11) is 1.68. The Kier molecular flexibility index (Phi) is 4.63. The van der Waals surface area contributed by atoms with Gasteiger partial charge in [-0.05, 0) is 69.1 Å². The maximum absolute atomic E-state index is 11.4. The van der Waals surface area contributed by atoms with Gasteiger partial charge in [0.15, 0.2) is 11.5 Å². The average molecular weight is 357 g/mol. The number of carbonyl (C=O) groups is 1. The van der Waals surface area contributed by atoms with Crippen LogP contribution in [0.15, 0.2) is 23.2 Å². The van der Waals surface area contributed by atoms with Gasteiger partial charge in [0.1, 0.15) is 0 Å². The van der Waals surface area contributed by atoms with E-state index in [1.807, 2.05) is 6.07 Å². The molecule has 0 bridgehead atoms. The van der Waals surface area contributed by atoms with Gasteiger partial charge in [-0.25, -0.2) is 0 Å². The second kappa shape index (κ2) is 6.93. The minimum Gasteiger partial charge on any atom is -0.493 e. The van der Waals surface area contributed by atoms with E-state index in [0.717, 1.165) is 43.7 Å². The summed E-state index contributed by atoms with van der Waals surface area (Å²) in [4.78, 5) is 15.9. The first-order chi connectivity index (χ1) is 12.6. The van der Waals surface area contributed by atoms with Crippen molar-refractivity contribution in [2.45, 2.75) is 62.9 Å². The molecule has 4 rings (SSSR count). The lowest BCUT2D eigenvalue weighted by Gasteiger charge is -2.37. The highest BCUT2D eigenvalue weighted by Gasteiger charge is 2.45. The zero-order valence-corrected chi connectivity index (χ0v) is 15.4. The average Bonchev–Trinajstić information content (AvgIpc) is 3.40. The van der Waals surface area contributed by atoms with Crippen LogP contribution >= 0.6 is 0 Å². The van der Waals surface area contributed by atoms with Gasteiger partial charge in [-0.1, -0.05) is 6.07 Å². The van der Waals surface area contributed by atoms with Gasteiger partial charge in [0.2, 0.25) is 0 Å². The quantitative estimate of drug-likeness (QED) is 0.836. The predicted molar refractivity (Wildman–Crippen MR) is 99.5 cm³/mol. The van der Waals surface area contributed by atoms with E-state index < -0.39 is 5.97 Å². The molecule has 5 nitrogen and oxygen atoms in total. The maximum Gasteiger partial charge on any atom is 0.306 e. The molecule has 1 aliphatic heterocycles. The van der Waals surface area contributed by atoms with Crippen molar-refractivity contribution in [3.05, 3.63) is 23.8 Å². The van der Waals surface area contributed by atoms with E-state index in [0.29, 0.717) is 12.8 Å². The van der Waals surface area contributed by atoms with E-state index in [9.17, 15) is 9.90 Å². The highest BCUT2D eigenvalue weighted by atomic mass is 16.5. The SMILES string of the molecule is COc1ccc(C2(C3=NC3)CCC(C(=O)O)CC2)cc1OC1CCCC1. The number of methoxy groups -OCH3 is 1. The van der Waals surface area contributed by atoms with Crippen molar-refractivity contribution in [2.24, 2.45) is 10.9 Å². The molecule has 0 radical (unpaired) electrons. The van der Waals surface area contributed by atoms with Crippen molar-refractivity contribution in [3.63, 3.8) is 0 Å². The molecule has 0 atom stereocenters. The Balaban J connectivity index is 1.62. The summed E-state index contributed by atoms with van der Waals surface area (Å²) in [5.41, 5.74) is 2.30. The molecular weight excluding hydrogens is 330 g/mol. The minimum absolute atomic E-state index is 0.119. The number of hydrogen-bond acceptors (Lipinski definition) is 4. The number of carboxylic acid groups (broad SMARTS) is 1. The molecule has 0 spiro atoms. The molecule has 1 heterocycles. The topological polar surface area (TPSA) is 68.1 Å². The number of benzene rings is 1. The van der Waals surface area contributed by atoms with Crippen LogP contribution in [0.2, 0.25) is 0 Å². The monoisotopic (exact) mass is 357 g/mol. The molecule has 0 unspecified atom stereocenters. The smallest absolute Gasteiger partial charge is 0.306 e. The Morgan fingerprint density at radius 2 is 1.85 bits per heavy atom. The van der Waals surface area contributed by atoms with Crippen LogP contribution in [0, 0.1) is 5.92 Å². The van der Waals surface area contributed by atoms with Crippen LogP contribution in [0.5, 0.6) is 11.5 Å². The van der Waals surface area contributed by atoms with Crippen LogP contribution in [0.25, 0.3) is 0 Å². The lowest BCUT2D eigenvalue weighted by molar-refractivity contribution is -0.143. The zero-order chi connectivity index (χ0) is 18.1. The van der Waals surface area contributed by atoms with Crippen molar-refractivity contribution in [3.8, 4) is 11.5 Å². The number of carboxylic acids is 1. The second-order valence-electron chi connectivity index (χ2n) is 7.85. The molecule has 2 saturated carbocycles. The Labute approximate surface area is 154 Å². The van der Waals surface area contributed by atoms with Gasteiger partial charge in [-0.15, -0.1) is 0 Å². The molecule has 0 amide bonds. The van der Waals surface area contributed by atoms with Crippen molar-refractivity contribution in [2.75, 3.05) is 13.7 Å². The van der Waals surface area contributed by atoms with Crippen LogP contribution in [0.4, 0.5) is 0 Å². The molecule has 1 aromatic carbocycles. The van der Waals surface area contributed by atoms with E-state index in [-0.39, 0.29) is 17.4 Å². The van der Waals surface area contributed by atoms with Gasteiger partial charge < -0.3 is 14.6 Å². The summed E-state index contributed by atoms with van der Waals surface area (Å²) in [6.07, 6.45) is 8.04. The van der Waals surface area contributed by atoms with Gasteiger partial charge in [0, 0.05) is 11.1 Å². The summed E-state index contributed by atoms with van der Waals surface area (Å²) in [5.74, 6) is 0.692. The van der Waals surface area contributed by atoms with Crippen LogP contribution in [0.1, 0.15) is 56.9 Å². The number of rotatable bonds is 6. The number of aliphatic imine (C=N–C) groups is 1. The number of nitrogens with zero attached hydrogens (tertiary/aromatic N) is 1. The minimum atomic E-state index is -0.670. The predicted octanol–water partition coefficient (Wildman–Crippen LogP) is 3.98. The molecule has 0 aromatic heterocycles. The second-order valence-corrected chi connectivity index (χ2v) is 7.85. The molecule has 2 aliphatic carbocycles. The molecular formula is C21H27NO4. The van der Waals surface area contributed by atoms with Gasteiger partial charge in [0.05, 0.1) is 25.7 Å². The number of ether oxygens (including phenoxy) is 2. The van der Waals surface area contributed by atoms with Gasteiger partial charge in [-0.2, -0.15) is 0 Å². The van der Waals surface area contributed by atoms with Crippen molar-refractivity contribution >= 4 is 11.7 Å². The molecule has 2 fully saturated rings. The third-order valence-electron chi connectivity index (χ3n) is 6.37. The molecule has 1 aromatic rings. The molecule has 140 valence electrons. The molecule has 26 heavy (non-hydrogen) atoms. The van der Waals surface area contributed by atoms with Crippen molar-refractivity contribution < 1.29 is 19.4 Å². The molecule has 5 heteroatoms. The van der Waals surface area contributed by atoms with Crippen molar-refractivity contribution in [1.29, 1.82) is 0 Å². The third kappa shape index (κ3) is 3.19. The summed E-state index contributed by atoms with van der Waals surface area (Å²) < 4.78 is 11.8. The van der Waals surface area contributed by atoms with Gasteiger partial charge in [-0.3, -0.25) is 9.79 Å². The highest BCUT2D eigenvalue weighted by Crippen LogP contribution is 2.47. The van der Waals surface area contributed by atoms with E-state index in [2.05, 4.69) is 17.1 Å². The maximum atomic E-state index is 11.4. The summed E-state index contributed by atoms with van der Waals surface area (Å²) >= 11 is 0. The summed E-state index contributed by atoms with van der Waals surface area (Å²) in [6.45, 7) is 0.808. The largest absolute Gasteiger partial charge is 0.493 e. The number of aliphatic carboxylic acids is 1. The molecule has 0 saturated heterocycles. The Hall–Kier alpha value is -2.04. The Morgan fingerprint density at radius 1 is 1.15 bits per heavy atom. The summed E-state index contributed by atoms with van der Waals surface area (Å²) in [5, 5.41) is 9.34. The first-order valence-corrected chi connectivity index (χ1v) is 9.74. The standard InChI is InChI=1S/C21H27NO4/c1-25-17-7-6-15(12-18(17)26-16-4-2-3-5-16)21(19-13-22-19)10-8-14(9-11-21)20(23)24/h6-7,12,14,16H,2-5,8-11,13H2,1H3,(H,23,24). The van der Waals surface area contributed by atoms with Crippen LogP contribution in [-0.4, -0.2) is 36.5 Å². The summed E-state index contributed by atoms with van der Waals surface area (Å²) in [6, 6.07) is 6.23. The molecule has 3 aliphatic rings. The van der Waals surface area contributed by atoms with Crippen LogP contribution in [0.3, 0.4) is 0 Å². The van der Waals surface area contributed by atoms with Gasteiger partial charge >= 0.3 is 5.97 Å². The first-order valence-electron chi connectivity index (χ1n) is 9.74. The first kappa shape index (κ1) is 17.4. The lowest BCUT2D eigenvalue weighted by atomic mass is 9.65. The Bertz CT molecular complexity index is 713. The van der Waals surface area contributed by atoms with E-state index in [4.69, 9.17) is 9.47 Å². The molecule has 1 N–H and O–H groups in total. The third-order valence-corrected chi connectivity index (χ3v) is 6.37. The highest BCUT2D eigenvalue weighted by molar-refractivity contribution is 6.05. The van der Waals surface area contributed by atoms with Gasteiger partial charge in [0.25, 0.3) is 0 Å². The Morgan fingerprint density at radius 3 is 2.42 bits per heavy atom. The zero-order valence-electron chi connectivity index (χ0n) is 15.4. The van der Waals surface area contributed by atoms with E-state index >= 15 is 0 Å². The van der Waals surface area contributed by atoms with Crippen LogP contribution in [-0.2, 0) is 10.2 Å². The van der Waals surface area contributed by atoms with E-state index in [1.54, 1.807) is 7.11 Å². The van der Waals surface area contributed by atoms with E-state index in [1.165, 1.54) is 24.1 Å². The van der Waals surface area contributed by atoms with Crippen LogP contribution < -0.4 is 9.47 Å². The fraction of sp³-hybridized carbons (Fsp3) is 0.619. The number of hydrogen-bond donors (Lipinski definition) is 1. The fourth-order valence-corrected chi connectivity index (χ4v) is 4.70. The lowest BCUT2D eigenvalue weighted by Crippen LogP contribution is -2.38.